The van der Waals surface area contributed by atoms with Gasteiger partial charge in [0.05, 0.1) is 10.7 Å². The zero-order valence-corrected chi connectivity index (χ0v) is 13.4. The highest BCUT2D eigenvalue weighted by molar-refractivity contribution is 7.92. The van der Waals surface area contributed by atoms with Crippen molar-refractivity contribution in [3.05, 3.63) is 45.9 Å². The molecular formula is C13H9Cl2NO6S. The summed E-state index contributed by atoms with van der Waals surface area (Å²) in [6, 6.07) is 5.26. The zero-order chi connectivity index (χ0) is 17.4. The minimum atomic E-state index is -4.27. The number of sulfonamides is 1. The molecule has 0 fully saturated rings. The summed E-state index contributed by atoms with van der Waals surface area (Å²) in [5, 5.41) is 27.9. The number of carbonyl (C=O) groups is 1. The summed E-state index contributed by atoms with van der Waals surface area (Å²) in [6.07, 6.45) is 0. The lowest BCUT2D eigenvalue weighted by atomic mass is 10.2. The fourth-order valence-corrected chi connectivity index (χ4v) is 3.54. The Kier molecular flexibility index (Phi) is 4.60. The molecule has 0 spiro atoms. The largest absolute Gasteiger partial charge is 0.507 e. The number of carboxylic acid groups (broad SMARTS) is 1. The van der Waals surface area contributed by atoms with Gasteiger partial charge in [-0.15, -0.1) is 0 Å². The van der Waals surface area contributed by atoms with Gasteiger partial charge in [-0.3, -0.25) is 4.72 Å². The molecule has 0 aromatic heterocycles. The minimum absolute atomic E-state index is 0.00255. The molecular weight excluding hydrogens is 369 g/mol. The van der Waals surface area contributed by atoms with E-state index >= 15 is 0 Å². The summed E-state index contributed by atoms with van der Waals surface area (Å²) >= 11 is 11.4. The molecule has 0 amide bonds. The summed E-state index contributed by atoms with van der Waals surface area (Å²) < 4.78 is 26.6. The molecule has 0 saturated heterocycles. The molecule has 4 N–H and O–H groups in total. The van der Waals surface area contributed by atoms with Gasteiger partial charge in [-0.05, 0) is 24.3 Å². The van der Waals surface area contributed by atoms with E-state index in [1.807, 2.05) is 0 Å². The van der Waals surface area contributed by atoms with Crippen molar-refractivity contribution in [2.45, 2.75) is 4.90 Å². The van der Waals surface area contributed by atoms with E-state index in [0.29, 0.717) is 0 Å². The van der Waals surface area contributed by atoms with Crippen LogP contribution in [0.3, 0.4) is 0 Å². The highest BCUT2D eigenvalue weighted by Crippen LogP contribution is 2.35. The molecule has 0 heterocycles. The second kappa shape index (κ2) is 6.15. The second-order valence-corrected chi connectivity index (χ2v) is 6.87. The summed E-state index contributed by atoms with van der Waals surface area (Å²) in [7, 11) is -4.27. The molecule has 0 aliphatic heterocycles. The van der Waals surface area contributed by atoms with Crippen LogP contribution >= 0.6 is 23.2 Å². The number of carboxylic acids is 1. The van der Waals surface area contributed by atoms with E-state index in [2.05, 4.69) is 4.72 Å². The maximum atomic E-state index is 12.3. The van der Waals surface area contributed by atoms with Gasteiger partial charge >= 0.3 is 5.97 Å². The Bertz CT molecular complexity index is 898. The lowest BCUT2D eigenvalue weighted by molar-refractivity contribution is 0.0694. The van der Waals surface area contributed by atoms with Crippen LogP contribution in [-0.4, -0.2) is 29.7 Å². The monoisotopic (exact) mass is 377 g/mol. The van der Waals surface area contributed by atoms with E-state index < -0.39 is 32.4 Å². The lowest BCUT2D eigenvalue weighted by Crippen LogP contribution is -2.13. The fraction of sp³-hybridized carbons (Fsp3) is 0. The molecule has 10 heteroatoms. The first-order valence-corrected chi connectivity index (χ1v) is 8.13. The zero-order valence-electron chi connectivity index (χ0n) is 11.1. The van der Waals surface area contributed by atoms with Crippen molar-refractivity contribution >= 4 is 44.9 Å². The van der Waals surface area contributed by atoms with Crippen molar-refractivity contribution in [1.29, 1.82) is 0 Å². The van der Waals surface area contributed by atoms with Gasteiger partial charge in [0.1, 0.15) is 16.2 Å². The first kappa shape index (κ1) is 17.2. The van der Waals surface area contributed by atoms with Crippen LogP contribution in [0.1, 0.15) is 10.4 Å². The molecule has 0 aliphatic rings. The van der Waals surface area contributed by atoms with Crippen LogP contribution < -0.4 is 4.72 Å². The number of aromatic carboxylic acids is 1. The first-order chi connectivity index (χ1) is 10.6. The van der Waals surface area contributed by atoms with Gasteiger partial charge in [0, 0.05) is 11.1 Å². The van der Waals surface area contributed by atoms with Crippen LogP contribution in [0, 0.1) is 0 Å². The number of hydrogen-bond donors (Lipinski definition) is 4. The molecule has 0 radical (unpaired) electrons. The normalized spacial score (nSPS) is 11.2. The molecule has 2 aromatic carbocycles. The van der Waals surface area contributed by atoms with Crippen LogP contribution in [-0.2, 0) is 10.0 Å². The van der Waals surface area contributed by atoms with E-state index in [0.717, 1.165) is 24.3 Å². The van der Waals surface area contributed by atoms with E-state index in [1.54, 1.807) is 0 Å². The molecule has 2 aromatic rings. The SMILES string of the molecule is O=C(O)c1ccc(NS(=O)(=O)c2cc(Cl)cc(Cl)c2O)cc1O. The predicted octanol–water partition coefficient (Wildman–Crippen LogP) is 2.90. The Morgan fingerprint density at radius 2 is 1.74 bits per heavy atom. The third kappa shape index (κ3) is 3.61. The number of phenolic OH excluding ortho intramolecular Hbond substituents is 1. The molecule has 0 aliphatic carbocycles. The van der Waals surface area contributed by atoms with Crippen molar-refractivity contribution in [1.82, 2.24) is 0 Å². The van der Waals surface area contributed by atoms with E-state index in [4.69, 9.17) is 28.3 Å². The number of benzene rings is 2. The Balaban J connectivity index is 2.43. The maximum Gasteiger partial charge on any atom is 0.339 e. The Labute approximate surface area is 140 Å². The number of aromatic hydroxyl groups is 2. The third-order valence-electron chi connectivity index (χ3n) is 2.76. The van der Waals surface area contributed by atoms with Crippen molar-refractivity contribution in [2.24, 2.45) is 0 Å². The molecule has 2 rings (SSSR count). The number of nitrogens with one attached hydrogen (secondary N) is 1. The van der Waals surface area contributed by atoms with Crippen LogP contribution in [0.15, 0.2) is 35.2 Å². The Hall–Kier alpha value is -2.16. The number of phenols is 2. The topological polar surface area (TPSA) is 124 Å². The molecule has 0 unspecified atom stereocenters. The van der Waals surface area contributed by atoms with Crippen LogP contribution in [0.4, 0.5) is 5.69 Å². The summed E-state index contributed by atoms with van der Waals surface area (Å²) in [4.78, 5) is 10.2. The van der Waals surface area contributed by atoms with Gasteiger partial charge in [-0.2, -0.15) is 0 Å². The minimum Gasteiger partial charge on any atom is -0.507 e. The van der Waals surface area contributed by atoms with E-state index in [1.165, 1.54) is 6.07 Å². The van der Waals surface area contributed by atoms with Gasteiger partial charge < -0.3 is 15.3 Å². The highest BCUT2D eigenvalue weighted by atomic mass is 35.5. The average molecular weight is 378 g/mol. The van der Waals surface area contributed by atoms with Gasteiger partial charge in [0.15, 0.2) is 5.75 Å². The van der Waals surface area contributed by atoms with Gasteiger partial charge in [0.2, 0.25) is 0 Å². The molecule has 0 bridgehead atoms. The molecule has 0 saturated carbocycles. The molecule has 0 atom stereocenters. The van der Waals surface area contributed by atoms with Crippen molar-refractivity contribution < 1.29 is 28.5 Å². The van der Waals surface area contributed by atoms with Crippen LogP contribution in [0.2, 0.25) is 10.0 Å². The number of anilines is 1. The average Bonchev–Trinajstić information content (AvgIpc) is 2.41. The fourth-order valence-electron chi connectivity index (χ4n) is 1.73. The van der Waals surface area contributed by atoms with Gasteiger partial charge in [0.25, 0.3) is 10.0 Å². The van der Waals surface area contributed by atoms with Crippen molar-refractivity contribution in [2.75, 3.05) is 4.72 Å². The summed E-state index contributed by atoms with van der Waals surface area (Å²) in [5.74, 6) is -2.67. The number of rotatable bonds is 4. The Morgan fingerprint density at radius 3 is 2.30 bits per heavy atom. The van der Waals surface area contributed by atoms with Gasteiger partial charge in [-0.1, -0.05) is 23.2 Å². The smallest absolute Gasteiger partial charge is 0.339 e. The molecule has 7 nitrogen and oxygen atoms in total. The van der Waals surface area contributed by atoms with Gasteiger partial charge in [-0.25, -0.2) is 13.2 Å². The Morgan fingerprint density at radius 1 is 1.09 bits per heavy atom. The van der Waals surface area contributed by atoms with E-state index in [-0.39, 0.29) is 21.3 Å². The maximum absolute atomic E-state index is 12.3. The number of halogens is 2. The lowest BCUT2D eigenvalue weighted by Gasteiger charge is -2.11. The first-order valence-electron chi connectivity index (χ1n) is 5.89. The second-order valence-electron chi connectivity index (χ2n) is 4.38. The van der Waals surface area contributed by atoms with Crippen molar-refractivity contribution in [3.63, 3.8) is 0 Å². The number of hydrogen-bond acceptors (Lipinski definition) is 5. The summed E-state index contributed by atoms with van der Waals surface area (Å²) in [5.41, 5.74) is -0.496. The quantitative estimate of drug-likeness (QED) is 0.649. The van der Waals surface area contributed by atoms with E-state index in [9.17, 15) is 23.4 Å². The predicted molar refractivity (Wildman–Crippen MR) is 84.0 cm³/mol. The highest BCUT2D eigenvalue weighted by Gasteiger charge is 2.22. The standard InChI is InChI=1S/C13H9Cl2NO6S/c14-6-3-9(15)12(18)11(4-6)23(21,22)16-7-1-2-8(13(19)20)10(17)5-7/h1-5,16-18H,(H,19,20). The van der Waals surface area contributed by atoms with Crippen molar-refractivity contribution in [3.8, 4) is 11.5 Å². The summed E-state index contributed by atoms with van der Waals surface area (Å²) in [6.45, 7) is 0. The molecule has 122 valence electrons. The third-order valence-corrected chi connectivity index (χ3v) is 4.66. The van der Waals surface area contributed by atoms with Crippen LogP contribution in [0.5, 0.6) is 11.5 Å². The van der Waals surface area contributed by atoms with Crippen LogP contribution in [0.25, 0.3) is 0 Å². The molecule has 23 heavy (non-hydrogen) atoms.